The molecule has 31 heavy (non-hydrogen) atoms. The van der Waals surface area contributed by atoms with Crippen LogP contribution in [0.2, 0.25) is 0 Å². The van der Waals surface area contributed by atoms with Crippen molar-refractivity contribution in [2.75, 3.05) is 21.1 Å². The quantitative estimate of drug-likeness (QED) is 0.275. The molecular weight excluding hydrogens is 559 g/mol. The Morgan fingerprint density at radius 2 is 0.774 bits per heavy atom. The number of rotatable bonds is 3. The Kier molecular flexibility index (Phi) is 15.6. The SMILES string of the molecule is CN=C(C)c1[c-]cccc1.CN=C(C)c1[c-]cccc1.CN=C(C)c1[c-]cccc1.[Ir+3]. The maximum absolute atomic E-state index is 4.04. The summed E-state index contributed by atoms with van der Waals surface area (Å²) in [4.78, 5) is 12.1. The molecular formula is C27H30IrN3. The third-order valence-corrected chi connectivity index (χ3v) is 4.30. The van der Waals surface area contributed by atoms with Gasteiger partial charge in [-0.2, -0.15) is 0 Å². The number of hydrogen-bond donors (Lipinski definition) is 0. The molecule has 0 radical (unpaired) electrons. The van der Waals surface area contributed by atoms with E-state index in [9.17, 15) is 0 Å². The first-order chi connectivity index (χ1) is 14.5. The minimum Gasteiger partial charge on any atom is -0.341 e. The van der Waals surface area contributed by atoms with E-state index in [1.54, 1.807) is 21.1 Å². The Morgan fingerprint density at radius 1 is 0.516 bits per heavy atom. The Balaban J connectivity index is 0.000000429. The minimum absolute atomic E-state index is 0. The van der Waals surface area contributed by atoms with Crippen molar-refractivity contribution in [1.29, 1.82) is 0 Å². The van der Waals surface area contributed by atoms with Gasteiger partial charge in [-0.3, -0.25) is 0 Å². The fraction of sp³-hybridized carbons (Fsp3) is 0.222. The first-order valence-corrected chi connectivity index (χ1v) is 9.74. The van der Waals surface area contributed by atoms with Crippen molar-refractivity contribution in [2.24, 2.45) is 15.0 Å². The molecule has 0 bridgehead atoms. The molecule has 0 amide bonds. The van der Waals surface area contributed by atoms with Gasteiger partial charge >= 0.3 is 20.1 Å². The summed E-state index contributed by atoms with van der Waals surface area (Å²) in [7, 11) is 5.36. The van der Waals surface area contributed by atoms with Crippen molar-refractivity contribution in [3.05, 3.63) is 108 Å². The van der Waals surface area contributed by atoms with Crippen molar-refractivity contribution in [3.8, 4) is 0 Å². The van der Waals surface area contributed by atoms with E-state index in [0.717, 1.165) is 33.8 Å². The van der Waals surface area contributed by atoms with Gasteiger partial charge in [-0.05, 0) is 17.1 Å². The van der Waals surface area contributed by atoms with Crippen molar-refractivity contribution in [2.45, 2.75) is 20.8 Å². The molecule has 162 valence electrons. The maximum atomic E-state index is 4.04. The normalized spacial score (nSPS) is 11.2. The third kappa shape index (κ3) is 11.3. The zero-order chi connectivity index (χ0) is 22.2. The summed E-state index contributed by atoms with van der Waals surface area (Å²) in [6.07, 6.45) is 0. The fourth-order valence-corrected chi connectivity index (χ4v) is 2.22. The van der Waals surface area contributed by atoms with Gasteiger partial charge in [0.15, 0.2) is 0 Å². The van der Waals surface area contributed by atoms with Crippen LogP contribution < -0.4 is 0 Å². The van der Waals surface area contributed by atoms with Crippen molar-refractivity contribution in [1.82, 2.24) is 0 Å². The molecule has 0 saturated carbocycles. The van der Waals surface area contributed by atoms with Gasteiger partial charge in [0.25, 0.3) is 0 Å². The van der Waals surface area contributed by atoms with Crippen LogP contribution in [-0.4, -0.2) is 38.3 Å². The van der Waals surface area contributed by atoms with Crippen LogP contribution in [-0.2, 0) is 20.1 Å². The molecule has 0 saturated heterocycles. The summed E-state index contributed by atoms with van der Waals surface area (Å²) >= 11 is 0. The smallest absolute Gasteiger partial charge is 0.341 e. The standard InChI is InChI=1S/3C9H10N.Ir/c3*1-8(10-2)9-6-4-3-5-7-9;/h3*3-6H,1-2H3;/q3*-1;+3. The second kappa shape index (κ2) is 17.0. The summed E-state index contributed by atoms with van der Waals surface area (Å²) in [6, 6.07) is 32.8. The molecule has 0 spiro atoms. The van der Waals surface area contributed by atoms with E-state index in [1.165, 1.54) is 0 Å². The minimum atomic E-state index is 0. The molecule has 0 atom stereocenters. The topological polar surface area (TPSA) is 37.1 Å². The second-order valence-electron chi connectivity index (χ2n) is 6.26. The van der Waals surface area contributed by atoms with Crippen molar-refractivity contribution in [3.63, 3.8) is 0 Å². The first-order valence-electron chi connectivity index (χ1n) is 9.74. The van der Waals surface area contributed by atoms with Gasteiger partial charge in [-0.25, -0.2) is 0 Å². The zero-order valence-corrected chi connectivity index (χ0v) is 21.5. The van der Waals surface area contributed by atoms with Crippen molar-refractivity contribution >= 4 is 17.1 Å². The molecule has 0 heterocycles. The van der Waals surface area contributed by atoms with Gasteiger partial charge in [-0.15, -0.1) is 108 Å². The van der Waals surface area contributed by atoms with Crippen LogP contribution in [0.4, 0.5) is 0 Å². The van der Waals surface area contributed by atoms with E-state index in [2.05, 4.69) is 33.2 Å². The van der Waals surface area contributed by atoms with E-state index >= 15 is 0 Å². The molecule has 0 aliphatic carbocycles. The number of nitrogens with zero attached hydrogens (tertiary/aromatic N) is 3. The van der Waals surface area contributed by atoms with E-state index < -0.39 is 0 Å². The first kappa shape index (κ1) is 28.3. The van der Waals surface area contributed by atoms with Gasteiger partial charge < -0.3 is 15.0 Å². The molecule has 0 unspecified atom stereocenters. The van der Waals surface area contributed by atoms with Crippen LogP contribution in [0.25, 0.3) is 0 Å². The van der Waals surface area contributed by atoms with E-state index in [-0.39, 0.29) is 20.1 Å². The van der Waals surface area contributed by atoms with Crippen molar-refractivity contribution < 1.29 is 20.1 Å². The number of hydrogen-bond acceptors (Lipinski definition) is 3. The third-order valence-electron chi connectivity index (χ3n) is 4.30. The number of benzene rings is 3. The van der Waals surface area contributed by atoms with Crippen LogP contribution in [0.1, 0.15) is 37.5 Å². The number of aliphatic imine (C=N–C) groups is 3. The van der Waals surface area contributed by atoms with Crippen LogP contribution in [0.15, 0.2) is 87.8 Å². The molecule has 0 aliphatic heterocycles. The van der Waals surface area contributed by atoms with Crippen LogP contribution >= 0.6 is 0 Å². The summed E-state index contributed by atoms with van der Waals surface area (Å²) in [5.41, 5.74) is 6.31. The van der Waals surface area contributed by atoms with Crippen LogP contribution in [0.3, 0.4) is 0 Å². The van der Waals surface area contributed by atoms with E-state index in [0.29, 0.717) is 0 Å². The Hall–Kier alpha value is -2.68. The Bertz CT molecular complexity index is 805. The van der Waals surface area contributed by atoms with E-state index in [4.69, 9.17) is 0 Å². The van der Waals surface area contributed by atoms with Gasteiger partial charge in [0, 0.05) is 21.1 Å². The zero-order valence-electron chi connectivity index (χ0n) is 19.1. The summed E-state index contributed by atoms with van der Waals surface area (Å²) in [5, 5.41) is 0. The summed E-state index contributed by atoms with van der Waals surface area (Å²) in [6.45, 7) is 5.93. The largest absolute Gasteiger partial charge is 3.00 e. The predicted molar refractivity (Wildman–Crippen MR) is 130 cm³/mol. The molecule has 0 fully saturated rings. The predicted octanol–water partition coefficient (Wildman–Crippen LogP) is 5.77. The molecule has 0 aliphatic rings. The van der Waals surface area contributed by atoms with Gasteiger partial charge in [0.05, 0.1) is 0 Å². The molecule has 3 rings (SSSR count). The monoisotopic (exact) mass is 589 g/mol. The summed E-state index contributed by atoms with van der Waals surface area (Å²) < 4.78 is 0. The molecule has 0 N–H and O–H groups in total. The molecule has 3 nitrogen and oxygen atoms in total. The average molecular weight is 589 g/mol. The van der Waals surface area contributed by atoms with E-state index in [1.807, 2.05) is 93.6 Å². The second-order valence-corrected chi connectivity index (χ2v) is 6.26. The summed E-state index contributed by atoms with van der Waals surface area (Å²) in [5.74, 6) is 0. The fourth-order valence-electron chi connectivity index (χ4n) is 2.22. The molecule has 4 heteroatoms. The Labute approximate surface area is 201 Å². The molecule has 3 aromatic rings. The van der Waals surface area contributed by atoms with Gasteiger partial charge in [0.1, 0.15) is 0 Å². The van der Waals surface area contributed by atoms with Crippen LogP contribution in [0, 0.1) is 18.2 Å². The van der Waals surface area contributed by atoms with Gasteiger partial charge in [-0.1, -0.05) is 20.8 Å². The molecule has 3 aromatic carbocycles. The average Bonchev–Trinajstić information content (AvgIpc) is 2.85. The Morgan fingerprint density at radius 3 is 0.935 bits per heavy atom. The molecule has 0 aromatic heterocycles. The van der Waals surface area contributed by atoms with Gasteiger partial charge in [0.2, 0.25) is 0 Å². The maximum Gasteiger partial charge on any atom is 3.00 e. The van der Waals surface area contributed by atoms with Crippen LogP contribution in [0.5, 0.6) is 0 Å².